The molecule has 1 aromatic rings. The van der Waals surface area contributed by atoms with Crippen molar-refractivity contribution in [3.63, 3.8) is 0 Å². The van der Waals surface area contributed by atoms with E-state index in [0.717, 1.165) is 25.9 Å². The lowest BCUT2D eigenvalue weighted by Crippen LogP contribution is -2.44. The third kappa shape index (κ3) is 2.41. The third-order valence-corrected chi connectivity index (χ3v) is 3.41. The van der Waals surface area contributed by atoms with Gasteiger partial charge in [-0.2, -0.15) is 0 Å². The van der Waals surface area contributed by atoms with Crippen LogP contribution in [0.2, 0.25) is 0 Å². The van der Waals surface area contributed by atoms with Gasteiger partial charge in [0.05, 0.1) is 0 Å². The number of piperidine rings is 1. The van der Waals surface area contributed by atoms with E-state index in [9.17, 15) is 15.0 Å². The Hall–Kier alpha value is -1.75. The number of nitrogens with one attached hydrogen (secondary N) is 1. The van der Waals surface area contributed by atoms with Crippen molar-refractivity contribution < 1.29 is 15.0 Å². The number of amides is 1. The van der Waals surface area contributed by atoms with Gasteiger partial charge in [-0.15, -0.1) is 0 Å². The van der Waals surface area contributed by atoms with Gasteiger partial charge in [0.15, 0.2) is 0 Å². The second kappa shape index (κ2) is 5.27. The van der Waals surface area contributed by atoms with E-state index in [1.807, 2.05) is 0 Å². The van der Waals surface area contributed by atoms with Crippen molar-refractivity contribution in [1.82, 2.24) is 10.2 Å². The molecule has 0 spiro atoms. The first-order valence-electron chi connectivity index (χ1n) is 6.10. The number of benzene rings is 1. The van der Waals surface area contributed by atoms with Crippen molar-refractivity contribution in [3.05, 3.63) is 23.8 Å². The Morgan fingerprint density at radius 3 is 2.39 bits per heavy atom. The van der Waals surface area contributed by atoms with Gasteiger partial charge in [0.25, 0.3) is 5.91 Å². The van der Waals surface area contributed by atoms with Crippen LogP contribution in [0.1, 0.15) is 23.2 Å². The normalized spacial score (nSPS) is 16.5. The van der Waals surface area contributed by atoms with E-state index < -0.39 is 0 Å². The fourth-order valence-corrected chi connectivity index (χ4v) is 2.28. The molecule has 18 heavy (non-hydrogen) atoms. The zero-order valence-corrected chi connectivity index (χ0v) is 10.4. The first-order valence-corrected chi connectivity index (χ1v) is 6.10. The summed E-state index contributed by atoms with van der Waals surface area (Å²) in [5.74, 6) is -0.695. The molecule has 0 aromatic heterocycles. The molecule has 3 N–H and O–H groups in total. The second-order valence-electron chi connectivity index (χ2n) is 4.57. The van der Waals surface area contributed by atoms with Crippen LogP contribution >= 0.6 is 0 Å². The summed E-state index contributed by atoms with van der Waals surface area (Å²) in [6.45, 7) is 1.77. The van der Waals surface area contributed by atoms with Crippen LogP contribution in [0.25, 0.3) is 0 Å². The average molecular weight is 250 g/mol. The number of aromatic hydroxyl groups is 2. The number of hydrogen-bond acceptors (Lipinski definition) is 4. The number of carbonyl (C=O) groups is 1. The second-order valence-corrected chi connectivity index (χ2v) is 4.57. The molecule has 1 aromatic carbocycles. The molecular weight excluding hydrogens is 232 g/mol. The number of hydrogen-bond donors (Lipinski definition) is 3. The monoisotopic (exact) mass is 250 g/mol. The van der Waals surface area contributed by atoms with E-state index in [4.69, 9.17) is 0 Å². The molecule has 98 valence electrons. The van der Waals surface area contributed by atoms with Crippen LogP contribution in [0.15, 0.2) is 18.2 Å². The molecule has 0 aliphatic carbocycles. The van der Waals surface area contributed by atoms with E-state index in [-0.39, 0.29) is 29.0 Å². The van der Waals surface area contributed by atoms with Crippen molar-refractivity contribution in [1.29, 1.82) is 0 Å². The maximum absolute atomic E-state index is 12.3. The molecule has 5 nitrogen and oxygen atoms in total. The highest BCUT2D eigenvalue weighted by Crippen LogP contribution is 2.28. The molecule has 1 fully saturated rings. The van der Waals surface area contributed by atoms with Crippen molar-refractivity contribution in [2.75, 3.05) is 20.1 Å². The van der Waals surface area contributed by atoms with Gasteiger partial charge in [-0.3, -0.25) is 4.79 Å². The smallest absolute Gasteiger partial charge is 0.261 e. The van der Waals surface area contributed by atoms with Gasteiger partial charge in [-0.25, -0.2) is 0 Å². The zero-order valence-electron chi connectivity index (χ0n) is 10.4. The summed E-state index contributed by atoms with van der Waals surface area (Å²) in [5.41, 5.74) is -0.0152. The molecule has 1 amide bonds. The number of phenols is 2. The molecule has 1 heterocycles. The van der Waals surface area contributed by atoms with Crippen molar-refractivity contribution in [2.45, 2.75) is 18.9 Å². The standard InChI is InChI=1S/C13H18N2O3/c1-15(9-5-7-14-8-6-9)13(18)12-10(16)3-2-4-11(12)17/h2-4,9,14,16-17H,5-8H2,1H3. The van der Waals surface area contributed by atoms with Gasteiger partial charge < -0.3 is 20.4 Å². The number of phenolic OH excluding ortho intramolecular Hbond substituents is 2. The summed E-state index contributed by atoms with van der Waals surface area (Å²) in [6, 6.07) is 4.47. The predicted molar refractivity (Wildman–Crippen MR) is 67.8 cm³/mol. The van der Waals surface area contributed by atoms with Crippen LogP contribution in [0.3, 0.4) is 0 Å². The Morgan fingerprint density at radius 1 is 1.28 bits per heavy atom. The summed E-state index contributed by atoms with van der Waals surface area (Å²) >= 11 is 0. The Morgan fingerprint density at radius 2 is 1.83 bits per heavy atom. The maximum Gasteiger partial charge on any atom is 0.261 e. The van der Waals surface area contributed by atoms with Crippen LogP contribution in [0.5, 0.6) is 11.5 Å². The van der Waals surface area contributed by atoms with Crippen LogP contribution in [-0.2, 0) is 0 Å². The highest BCUT2D eigenvalue weighted by Gasteiger charge is 2.26. The number of carbonyl (C=O) groups excluding carboxylic acids is 1. The summed E-state index contributed by atoms with van der Waals surface area (Å²) in [4.78, 5) is 13.9. The minimum Gasteiger partial charge on any atom is -0.507 e. The van der Waals surface area contributed by atoms with E-state index in [1.165, 1.54) is 18.2 Å². The topological polar surface area (TPSA) is 72.8 Å². The minimum absolute atomic E-state index is 0.0152. The Bertz CT molecular complexity index is 422. The largest absolute Gasteiger partial charge is 0.507 e. The lowest BCUT2D eigenvalue weighted by atomic mass is 10.0. The maximum atomic E-state index is 12.3. The number of rotatable bonds is 2. The molecule has 5 heteroatoms. The van der Waals surface area contributed by atoms with Crippen LogP contribution < -0.4 is 5.32 Å². The average Bonchev–Trinajstić information content (AvgIpc) is 2.38. The van der Waals surface area contributed by atoms with Crippen molar-refractivity contribution in [3.8, 4) is 11.5 Å². The summed E-state index contributed by atoms with van der Waals surface area (Å²) in [5, 5.41) is 22.6. The van der Waals surface area contributed by atoms with E-state index >= 15 is 0 Å². The molecular formula is C13H18N2O3. The quantitative estimate of drug-likeness (QED) is 0.730. The molecule has 1 aliphatic rings. The van der Waals surface area contributed by atoms with Gasteiger partial charge in [0.1, 0.15) is 17.1 Å². The van der Waals surface area contributed by atoms with Gasteiger partial charge >= 0.3 is 0 Å². The molecule has 0 saturated carbocycles. The first kappa shape index (κ1) is 12.7. The molecule has 1 saturated heterocycles. The van der Waals surface area contributed by atoms with Crippen molar-refractivity contribution in [2.24, 2.45) is 0 Å². The SMILES string of the molecule is CN(C(=O)c1c(O)cccc1O)C1CCNCC1. The molecule has 0 bridgehead atoms. The van der Waals surface area contributed by atoms with Gasteiger partial charge in [-0.05, 0) is 38.1 Å². The van der Waals surface area contributed by atoms with E-state index in [2.05, 4.69) is 5.32 Å². The summed E-state index contributed by atoms with van der Waals surface area (Å²) in [7, 11) is 1.71. The third-order valence-electron chi connectivity index (χ3n) is 3.41. The Balaban J connectivity index is 2.19. The van der Waals surface area contributed by atoms with Gasteiger partial charge in [0, 0.05) is 13.1 Å². The van der Waals surface area contributed by atoms with Crippen LogP contribution in [-0.4, -0.2) is 47.2 Å². The number of nitrogens with zero attached hydrogens (tertiary/aromatic N) is 1. The molecule has 2 rings (SSSR count). The Kier molecular flexibility index (Phi) is 3.72. The molecule has 0 atom stereocenters. The highest BCUT2D eigenvalue weighted by molar-refractivity contribution is 5.99. The van der Waals surface area contributed by atoms with Gasteiger partial charge in [0.2, 0.25) is 0 Å². The highest BCUT2D eigenvalue weighted by atomic mass is 16.3. The first-order chi connectivity index (χ1) is 8.61. The lowest BCUT2D eigenvalue weighted by Gasteiger charge is -2.31. The lowest BCUT2D eigenvalue weighted by molar-refractivity contribution is 0.0697. The van der Waals surface area contributed by atoms with E-state index in [1.54, 1.807) is 11.9 Å². The zero-order chi connectivity index (χ0) is 13.1. The molecule has 0 unspecified atom stereocenters. The van der Waals surface area contributed by atoms with Crippen LogP contribution in [0.4, 0.5) is 0 Å². The summed E-state index contributed by atoms with van der Waals surface area (Å²) < 4.78 is 0. The molecule has 1 aliphatic heterocycles. The molecule has 0 radical (unpaired) electrons. The fourth-order valence-electron chi connectivity index (χ4n) is 2.28. The Labute approximate surface area is 106 Å². The van der Waals surface area contributed by atoms with E-state index in [0.29, 0.717) is 0 Å². The fraction of sp³-hybridized carbons (Fsp3) is 0.462. The van der Waals surface area contributed by atoms with Gasteiger partial charge in [-0.1, -0.05) is 6.07 Å². The van der Waals surface area contributed by atoms with Crippen LogP contribution in [0, 0.1) is 0 Å². The minimum atomic E-state index is -0.336. The summed E-state index contributed by atoms with van der Waals surface area (Å²) in [6.07, 6.45) is 1.77. The van der Waals surface area contributed by atoms with Crippen molar-refractivity contribution >= 4 is 5.91 Å². The predicted octanol–water partition coefficient (Wildman–Crippen LogP) is 0.922.